The molecule has 2 nitrogen and oxygen atoms in total. The summed E-state index contributed by atoms with van der Waals surface area (Å²) >= 11 is 0. The molecule has 3 atom stereocenters. The van der Waals surface area contributed by atoms with Gasteiger partial charge in [0.15, 0.2) is 0 Å². The number of hydrogen-bond acceptors (Lipinski definition) is 2. The zero-order valence-electron chi connectivity index (χ0n) is 10.6. The summed E-state index contributed by atoms with van der Waals surface area (Å²) in [5.41, 5.74) is 0.838. The Balaban J connectivity index is 1.78. The first-order valence-corrected chi connectivity index (χ1v) is 6.24. The molecule has 3 unspecified atom stereocenters. The van der Waals surface area contributed by atoms with Crippen molar-refractivity contribution in [2.45, 2.75) is 46.1 Å². The Labute approximate surface area is 93.8 Å². The minimum absolute atomic E-state index is 0.260. The minimum atomic E-state index is 0.260. The van der Waals surface area contributed by atoms with Crippen LogP contribution in [0.5, 0.6) is 0 Å². The van der Waals surface area contributed by atoms with Gasteiger partial charge in [0.05, 0.1) is 0 Å². The van der Waals surface area contributed by atoms with Gasteiger partial charge in [-0.2, -0.15) is 0 Å². The molecule has 0 spiro atoms. The van der Waals surface area contributed by atoms with Crippen LogP contribution in [0, 0.1) is 17.3 Å². The molecule has 1 saturated heterocycles. The second-order valence-corrected chi connectivity index (χ2v) is 6.60. The highest BCUT2D eigenvalue weighted by Crippen LogP contribution is 2.59. The zero-order valence-corrected chi connectivity index (χ0v) is 10.6. The minimum Gasteiger partial charge on any atom is -0.381 e. The van der Waals surface area contributed by atoms with E-state index in [4.69, 9.17) is 4.74 Å². The van der Waals surface area contributed by atoms with Gasteiger partial charge in [0.25, 0.3) is 0 Å². The number of rotatable bonds is 3. The smallest absolute Gasteiger partial charge is 0.0500 e. The molecule has 0 amide bonds. The van der Waals surface area contributed by atoms with E-state index in [1.165, 1.54) is 19.4 Å². The molecule has 15 heavy (non-hydrogen) atoms. The van der Waals surface area contributed by atoms with E-state index in [1.807, 2.05) is 0 Å². The largest absolute Gasteiger partial charge is 0.381 e. The van der Waals surface area contributed by atoms with Crippen molar-refractivity contribution < 1.29 is 4.74 Å². The molecule has 1 saturated carbocycles. The molecular weight excluding hydrogens is 186 g/mol. The first-order chi connectivity index (χ1) is 6.92. The summed E-state index contributed by atoms with van der Waals surface area (Å²) < 4.78 is 5.50. The first-order valence-electron chi connectivity index (χ1n) is 6.24. The molecule has 2 fully saturated rings. The molecule has 0 radical (unpaired) electrons. The van der Waals surface area contributed by atoms with Crippen LogP contribution in [0.1, 0.15) is 40.5 Å². The van der Waals surface area contributed by atoms with Crippen molar-refractivity contribution in [1.29, 1.82) is 0 Å². The summed E-state index contributed by atoms with van der Waals surface area (Å²) in [5, 5.41) is 3.62. The molecule has 1 aliphatic heterocycles. The third-order valence-corrected chi connectivity index (χ3v) is 4.20. The van der Waals surface area contributed by atoms with Crippen LogP contribution >= 0.6 is 0 Å². The molecule has 2 rings (SSSR count). The second kappa shape index (κ2) is 3.74. The van der Waals surface area contributed by atoms with Crippen molar-refractivity contribution in [2.24, 2.45) is 17.3 Å². The van der Waals surface area contributed by atoms with Crippen molar-refractivity contribution >= 4 is 0 Å². The third kappa shape index (κ3) is 2.54. The Hall–Kier alpha value is -0.0800. The Morgan fingerprint density at radius 3 is 2.67 bits per heavy atom. The topological polar surface area (TPSA) is 21.3 Å². The SMILES string of the molecule is CC(C)(C)NCC1CC1(C)C1CCOC1. The Kier molecular flexibility index (Phi) is 2.85. The summed E-state index contributed by atoms with van der Waals surface area (Å²) in [4.78, 5) is 0. The van der Waals surface area contributed by atoms with E-state index in [9.17, 15) is 0 Å². The van der Waals surface area contributed by atoms with Gasteiger partial charge >= 0.3 is 0 Å². The van der Waals surface area contributed by atoms with E-state index in [2.05, 4.69) is 33.0 Å². The fraction of sp³-hybridized carbons (Fsp3) is 1.00. The van der Waals surface area contributed by atoms with Gasteiger partial charge in [-0.15, -0.1) is 0 Å². The van der Waals surface area contributed by atoms with E-state index in [1.54, 1.807) is 0 Å². The average molecular weight is 211 g/mol. The van der Waals surface area contributed by atoms with E-state index in [0.29, 0.717) is 5.41 Å². The predicted octanol–water partition coefficient (Wildman–Crippen LogP) is 2.44. The van der Waals surface area contributed by atoms with Gasteiger partial charge in [-0.25, -0.2) is 0 Å². The molecule has 1 heterocycles. The molecule has 0 aromatic rings. The van der Waals surface area contributed by atoms with E-state index in [0.717, 1.165) is 25.0 Å². The maximum absolute atomic E-state index is 5.50. The Morgan fingerprint density at radius 2 is 2.13 bits per heavy atom. The lowest BCUT2D eigenvalue weighted by Crippen LogP contribution is -2.38. The van der Waals surface area contributed by atoms with Gasteiger partial charge in [0, 0.05) is 18.8 Å². The van der Waals surface area contributed by atoms with Crippen molar-refractivity contribution in [3.05, 3.63) is 0 Å². The predicted molar refractivity (Wildman–Crippen MR) is 62.9 cm³/mol. The summed E-state index contributed by atoms with van der Waals surface area (Å²) in [6, 6.07) is 0. The molecule has 88 valence electrons. The van der Waals surface area contributed by atoms with Gasteiger partial charge < -0.3 is 10.1 Å². The fourth-order valence-electron chi connectivity index (χ4n) is 2.76. The maximum Gasteiger partial charge on any atom is 0.0500 e. The van der Waals surface area contributed by atoms with E-state index >= 15 is 0 Å². The molecule has 1 N–H and O–H groups in total. The van der Waals surface area contributed by atoms with Crippen molar-refractivity contribution in [3.63, 3.8) is 0 Å². The number of hydrogen-bond donors (Lipinski definition) is 1. The van der Waals surface area contributed by atoms with Crippen molar-refractivity contribution in [3.8, 4) is 0 Å². The highest BCUT2D eigenvalue weighted by Gasteiger charge is 2.55. The van der Waals surface area contributed by atoms with E-state index in [-0.39, 0.29) is 5.54 Å². The highest BCUT2D eigenvalue weighted by atomic mass is 16.5. The van der Waals surface area contributed by atoms with Crippen molar-refractivity contribution in [2.75, 3.05) is 19.8 Å². The van der Waals surface area contributed by atoms with Crippen molar-refractivity contribution in [1.82, 2.24) is 5.32 Å². The Morgan fingerprint density at radius 1 is 1.40 bits per heavy atom. The molecule has 0 aromatic carbocycles. The maximum atomic E-state index is 5.50. The lowest BCUT2D eigenvalue weighted by molar-refractivity contribution is 0.166. The lowest BCUT2D eigenvalue weighted by atomic mass is 9.88. The monoisotopic (exact) mass is 211 g/mol. The van der Waals surface area contributed by atoms with Gasteiger partial charge in [-0.1, -0.05) is 6.92 Å². The zero-order chi connectivity index (χ0) is 11.1. The van der Waals surface area contributed by atoms with Crippen LogP contribution in [-0.2, 0) is 4.74 Å². The standard InChI is InChI=1S/C13H25NO/c1-12(2,3)14-8-11-7-13(11,4)10-5-6-15-9-10/h10-11,14H,5-9H2,1-4H3. The summed E-state index contributed by atoms with van der Waals surface area (Å²) in [6.07, 6.45) is 2.67. The average Bonchev–Trinajstić information content (AvgIpc) is 2.63. The van der Waals surface area contributed by atoms with Crippen LogP contribution < -0.4 is 5.32 Å². The van der Waals surface area contributed by atoms with E-state index < -0.39 is 0 Å². The third-order valence-electron chi connectivity index (χ3n) is 4.20. The fourth-order valence-corrected chi connectivity index (χ4v) is 2.76. The molecule has 0 aromatic heterocycles. The molecule has 2 heteroatoms. The van der Waals surface area contributed by atoms with Crippen LogP contribution in [-0.4, -0.2) is 25.3 Å². The molecule has 2 aliphatic rings. The van der Waals surface area contributed by atoms with Gasteiger partial charge in [0.1, 0.15) is 0 Å². The summed E-state index contributed by atoms with van der Waals surface area (Å²) in [7, 11) is 0. The molecule has 1 aliphatic carbocycles. The first kappa shape index (κ1) is 11.4. The quantitative estimate of drug-likeness (QED) is 0.774. The summed E-state index contributed by atoms with van der Waals surface area (Å²) in [6.45, 7) is 12.3. The summed E-state index contributed by atoms with van der Waals surface area (Å²) in [5.74, 6) is 1.70. The van der Waals surface area contributed by atoms with Crippen LogP contribution in [0.2, 0.25) is 0 Å². The normalized spacial score (nSPS) is 40.8. The lowest BCUT2D eigenvalue weighted by Gasteiger charge is -2.23. The van der Waals surface area contributed by atoms with Gasteiger partial charge in [0.2, 0.25) is 0 Å². The molecule has 0 bridgehead atoms. The second-order valence-electron chi connectivity index (χ2n) is 6.60. The van der Waals surface area contributed by atoms with Crippen LogP contribution in [0.3, 0.4) is 0 Å². The van der Waals surface area contributed by atoms with Crippen LogP contribution in [0.25, 0.3) is 0 Å². The highest BCUT2D eigenvalue weighted by molar-refractivity contribution is 5.05. The van der Waals surface area contributed by atoms with Crippen LogP contribution in [0.15, 0.2) is 0 Å². The van der Waals surface area contributed by atoms with Gasteiger partial charge in [-0.3, -0.25) is 0 Å². The number of ether oxygens (including phenoxy) is 1. The molecular formula is C13H25NO. The van der Waals surface area contributed by atoms with Crippen LogP contribution in [0.4, 0.5) is 0 Å². The number of nitrogens with one attached hydrogen (secondary N) is 1. The Bertz CT molecular complexity index is 227. The van der Waals surface area contributed by atoms with Gasteiger partial charge in [-0.05, 0) is 57.4 Å².